The average molecular weight is 527 g/mol. The first kappa shape index (κ1) is 27.7. The molecule has 0 aromatic carbocycles. The van der Waals surface area contributed by atoms with Crippen LogP contribution < -0.4 is 0 Å². The zero-order valence-electron chi connectivity index (χ0n) is 23.3. The van der Waals surface area contributed by atoms with E-state index in [0.717, 1.165) is 6.42 Å². The summed E-state index contributed by atoms with van der Waals surface area (Å²) in [5, 5.41) is 22.8. The van der Waals surface area contributed by atoms with E-state index in [1.807, 2.05) is 13.8 Å². The molecule has 1 heterocycles. The quantitative estimate of drug-likeness (QED) is 0.481. The first-order chi connectivity index (χ1) is 17.4. The van der Waals surface area contributed by atoms with E-state index in [1.165, 1.54) is 0 Å². The van der Waals surface area contributed by atoms with Crippen LogP contribution in [0.5, 0.6) is 0 Å². The molecule has 9 nitrogen and oxygen atoms in total. The van der Waals surface area contributed by atoms with E-state index in [9.17, 15) is 15.0 Å². The highest BCUT2D eigenvalue weighted by molar-refractivity contribution is 5.72. The first-order valence-electron chi connectivity index (χ1n) is 13.9. The lowest BCUT2D eigenvalue weighted by Gasteiger charge is -2.71. The second-order valence-corrected chi connectivity index (χ2v) is 13.2. The van der Waals surface area contributed by atoms with Crippen molar-refractivity contribution >= 4 is 5.97 Å². The number of aliphatic hydroxyl groups is 1. The molecule has 4 aliphatic carbocycles. The lowest BCUT2D eigenvalue weighted by Crippen LogP contribution is -2.78. The molecule has 212 valence electrons. The van der Waals surface area contributed by atoms with Crippen molar-refractivity contribution in [2.75, 3.05) is 34.4 Å². The van der Waals surface area contributed by atoms with Gasteiger partial charge in [-0.05, 0) is 70.6 Å². The summed E-state index contributed by atoms with van der Waals surface area (Å²) in [6, 6.07) is 0. The Morgan fingerprint density at radius 1 is 1.05 bits per heavy atom. The molecule has 9 heteroatoms. The van der Waals surface area contributed by atoms with Gasteiger partial charge in [0.05, 0.1) is 41.3 Å². The minimum absolute atomic E-state index is 0.0581. The number of hydrogen-bond donors (Lipinski definition) is 2. The van der Waals surface area contributed by atoms with E-state index in [1.54, 1.807) is 14.2 Å². The summed E-state index contributed by atoms with van der Waals surface area (Å²) in [7, 11) is 3.20. The van der Waals surface area contributed by atoms with Crippen molar-refractivity contribution < 1.29 is 43.4 Å². The van der Waals surface area contributed by atoms with Crippen LogP contribution in [-0.2, 0) is 33.2 Å². The smallest absolute Gasteiger partial charge is 0.307 e. The fourth-order valence-corrected chi connectivity index (χ4v) is 9.73. The van der Waals surface area contributed by atoms with Crippen LogP contribution in [0.25, 0.3) is 0 Å². The number of carboxylic acids is 1. The molecular formula is C28H46O9. The van der Waals surface area contributed by atoms with Crippen molar-refractivity contribution in [1.29, 1.82) is 0 Å². The van der Waals surface area contributed by atoms with E-state index in [2.05, 4.69) is 13.8 Å². The fourth-order valence-electron chi connectivity index (χ4n) is 9.73. The highest BCUT2D eigenvalue weighted by Gasteiger charge is 2.77. The van der Waals surface area contributed by atoms with Crippen molar-refractivity contribution in [2.45, 2.75) is 102 Å². The molecule has 5 aliphatic rings. The van der Waals surface area contributed by atoms with Crippen molar-refractivity contribution in [3.05, 3.63) is 0 Å². The molecule has 1 spiro atoms. The zero-order chi connectivity index (χ0) is 26.9. The van der Waals surface area contributed by atoms with Gasteiger partial charge in [0, 0.05) is 25.6 Å². The maximum atomic E-state index is 12.5. The third kappa shape index (κ3) is 3.86. The molecule has 37 heavy (non-hydrogen) atoms. The van der Waals surface area contributed by atoms with E-state index < -0.39 is 39.7 Å². The van der Waals surface area contributed by atoms with Crippen molar-refractivity contribution in [3.63, 3.8) is 0 Å². The largest absolute Gasteiger partial charge is 0.481 e. The minimum atomic E-state index is -0.983. The molecule has 1 saturated heterocycles. The van der Waals surface area contributed by atoms with E-state index >= 15 is 0 Å². The molecule has 3 unspecified atom stereocenters. The molecule has 0 aromatic heterocycles. The van der Waals surface area contributed by atoms with Gasteiger partial charge in [-0.3, -0.25) is 4.79 Å². The number of methoxy groups -OCH3 is 2. The van der Waals surface area contributed by atoms with Crippen LogP contribution in [0.15, 0.2) is 0 Å². The Balaban J connectivity index is 1.68. The normalized spacial score (nSPS) is 50.5. The maximum absolute atomic E-state index is 12.5. The third-order valence-electron chi connectivity index (χ3n) is 11.0. The summed E-state index contributed by atoms with van der Waals surface area (Å²) in [5.41, 5.74) is -3.08. The summed E-state index contributed by atoms with van der Waals surface area (Å²) in [6.45, 7) is 8.67. The summed E-state index contributed by atoms with van der Waals surface area (Å²) in [4.78, 5) is 12.5. The standard InChI is InChI=1S/C28H46O9/c1-17-11-21-27(14-35-24(2,3)37-21)22-18(7-9-26(27,31)12-17)28(36-16-33-6)10-8-19(23(29)30)25(28,4)13-20(22)34-15-32-5/h17-22,31H,7-16H2,1-6H3,(H,29,30)/t17-,18?,19+,20?,21+,22?,25+,26-,27+,28-/m0/s1. The van der Waals surface area contributed by atoms with Crippen molar-refractivity contribution in [3.8, 4) is 0 Å². The van der Waals surface area contributed by atoms with Gasteiger partial charge in [-0.15, -0.1) is 0 Å². The average Bonchev–Trinajstić information content (AvgIpc) is 3.12. The Hall–Kier alpha value is -0.810. The Morgan fingerprint density at radius 3 is 2.46 bits per heavy atom. The SMILES string of the molecule is COCOC1C[C@]2(C)[C@@H](C(=O)O)CC[C@]2(OCOC)C2CC[C@]3(O)C[C@@H](C)C[C@H]4OC(C)(C)OC[C@]43C12. The van der Waals surface area contributed by atoms with Crippen molar-refractivity contribution in [2.24, 2.45) is 34.5 Å². The van der Waals surface area contributed by atoms with Crippen LogP contribution >= 0.6 is 0 Å². The summed E-state index contributed by atoms with van der Waals surface area (Å²) in [6.07, 6.45) is 3.90. The monoisotopic (exact) mass is 526 g/mol. The van der Waals surface area contributed by atoms with Crippen LogP contribution in [0.4, 0.5) is 0 Å². The number of carboxylic acid groups (broad SMARTS) is 1. The third-order valence-corrected chi connectivity index (χ3v) is 11.0. The highest BCUT2D eigenvalue weighted by atomic mass is 16.7. The molecule has 0 bridgehead atoms. The molecule has 5 rings (SSSR count). The Labute approximate surface area is 220 Å². The number of rotatable bonds is 7. The topological polar surface area (TPSA) is 113 Å². The molecule has 10 atom stereocenters. The van der Waals surface area contributed by atoms with Gasteiger partial charge in [0.1, 0.15) is 13.6 Å². The Kier molecular flexibility index (Phi) is 7.04. The number of hydrogen-bond acceptors (Lipinski definition) is 8. The van der Waals surface area contributed by atoms with E-state index in [4.69, 9.17) is 28.4 Å². The maximum Gasteiger partial charge on any atom is 0.307 e. The second kappa shape index (κ2) is 9.39. The van der Waals surface area contributed by atoms with Gasteiger partial charge in [-0.25, -0.2) is 0 Å². The predicted octanol–water partition coefficient (Wildman–Crippen LogP) is 3.56. The molecule has 0 aromatic rings. The molecule has 5 fully saturated rings. The minimum Gasteiger partial charge on any atom is -0.481 e. The predicted molar refractivity (Wildman–Crippen MR) is 132 cm³/mol. The van der Waals surface area contributed by atoms with Crippen LogP contribution in [0.2, 0.25) is 0 Å². The summed E-state index contributed by atoms with van der Waals surface area (Å²) < 4.78 is 36.9. The number of aliphatic carboxylic acids is 1. The number of fused-ring (bicyclic) bond motifs is 3. The van der Waals surface area contributed by atoms with Gasteiger partial charge < -0.3 is 38.6 Å². The zero-order valence-corrected chi connectivity index (χ0v) is 23.3. The fraction of sp³-hybridized carbons (Fsp3) is 0.964. The van der Waals surface area contributed by atoms with Gasteiger partial charge in [0.15, 0.2) is 5.79 Å². The Morgan fingerprint density at radius 2 is 1.78 bits per heavy atom. The lowest BCUT2D eigenvalue weighted by atomic mass is 9.39. The molecule has 0 radical (unpaired) electrons. The van der Waals surface area contributed by atoms with E-state index in [0.29, 0.717) is 51.0 Å². The summed E-state index contributed by atoms with van der Waals surface area (Å²) in [5.74, 6) is -2.02. The van der Waals surface area contributed by atoms with Crippen molar-refractivity contribution in [1.82, 2.24) is 0 Å². The number of carbonyl (C=O) groups is 1. The van der Waals surface area contributed by atoms with Gasteiger partial charge in [-0.2, -0.15) is 0 Å². The van der Waals surface area contributed by atoms with Gasteiger partial charge in [-0.1, -0.05) is 13.8 Å². The van der Waals surface area contributed by atoms with Crippen LogP contribution in [0.3, 0.4) is 0 Å². The Bertz CT molecular complexity index is 880. The molecular weight excluding hydrogens is 480 g/mol. The molecule has 0 amide bonds. The molecule has 4 saturated carbocycles. The van der Waals surface area contributed by atoms with Gasteiger partial charge >= 0.3 is 5.97 Å². The first-order valence-corrected chi connectivity index (χ1v) is 13.9. The van der Waals surface area contributed by atoms with Crippen LogP contribution in [0.1, 0.15) is 72.6 Å². The number of ether oxygens (including phenoxy) is 6. The van der Waals surface area contributed by atoms with Gasteiger partial charge in [0.25, 0.3) is 0 Å². The highest BCUT2D eigenvalue weighted by Crippen LogP contribution is 2.72. The molecule has 2 N–H and O–H groups in total. The molecule has 1 aliphatic heterocycles. The second-order valence-electron chi connectivity index (χ2n) is 13.2. The van der Waals surface area contributed by atoms with Gasteiger partial charge in [0.2, 0.25) is 0 Å². The summed E-state index contributed by atoms with van der Waals surface area (Å²) >= 11 is 0. The lowest BCUT2D eigenvalue weighted by molar-refractivity contribution is -0.405. The van der Waals surface area contributed by atoms with E-state index in [-0.39, 0.29) is 37.6 Å². The van der Waals surface area contributed by atoms with Crippen LogP contribution in [-0.4, -0.2) is 79.8 Å². The van der Waals surface area contributed by atoms with Crippen LogP contribution in [0, 0.1) is 34.5 Å².